The summed E-state index contributed by atoms with van der Waals surface area (Å²) in [6.07, 6.45) is 3.64. The van der Waals surface area contributed by atoms with E-state index in [2.05, 4.69) is 9.97 Å². The number of nitrogens with one attached hydrogen (secondary N) is 1. The third-order valence-corrected chi connectivity index (χ3v) is 4.56. The molecule has 0 aliphatic carbocycles. The van der Waals surface area contributed by atoms with Gasteiger partial charge in [0.1, 0.15) is 5.82 Å². The SMILES string of the molecule is O=S1(=O)CCC(C(O)Cc2ncc[nH]2)C1. The van der Waals surface area contributed by atoms with E-state index in [0.717, 1.165) is 0 Å². The fourth-order valence-electron chi connectivity index (χ4n) is 1.90. The van der Waals surface area contributed by atoms with Gasteiger partial charge in [-0.25, -0.2) is 13.4 Å². The first-order valence-electron chi connectivity index (χ1n) is 4.93. The lowest BCUT2D eigenvalue weighted by atomic mass is 9.99. The summed E-state index contributed by atoms with van der Waals surface area (Å²) in [5.41, 5.74) is 0. The molecule has 1 saturated heterocycles. The predicted octanol–water partition coefficient (Wildman–Crippen LogP) is -0.252. The second-order valence-electron chi connectivity index (χ2n) is 3.97. The van der Waals surface area contributed by atoms with Crippen molar-refractivity contribution < 1.29 is 13.5 Å². The minimum Gasteiger partial charge on any atom is -0.392 e. The van der Waals surface area contributed by atoms with Gasteiger partial charge in [0.25, 0.3) is 0 Å². The molecular weight excluding hydrogens is 216 g/mol. The Labute approximate surface area is 88.5 Å². The Balaban J connectivity index is 1.95. The quantitative estimate of drug-likeness (QED) is 0.750. The molecular formula is C9H14N2O3S. The molecule has 15 heavy (non-hydrogen) atoms. The minimum atomic E-state index is -2.91. The first kappa shape index (κ1) is 10.6. The molecule has 0 amide bonds. The summed E-state index contributed by atoms with van der Waals surface area (Å²) in [7, 11) is -2.91. The molecule has 2 rings (SSSR count). The number of imidazole rings is 1. The van der Waals surface area contributed by atoms with E-state index < -0.39 is 15.9 Å². The Morgan fingerprint density at radius 2 is 2.47 bits per heavy atom. The molecule has 6 heteroatoms. The van der Waals surface area contributed by atoms with Crippen molar-refractivity contribution in [2.45, 2.75) is 18.9 Å². The molecule has 1 aromatic rings. The van der Waals surface area contributed by atoms with Crippen LogP contribution in [0.25, 0.3) is 0 Å². The average molecular weight is 230 g/mol. The van der Waals surface area contributed by atoms with Crippen LogP contribution in [-0.2, 0) is 16.3 Å². The summed E-state index contributed by atoms with van der Waals surface area (Å²) in [6, 6.07) is 0. The maximum atomic E-state index is 11.2. The molecule has 1 aromatic heterocycles. The van der Waals surface area contributed by atoms with Crippen molar-refractivity contribution in [1.82, 2.24) is 9.97 Å². The van der Waals surface area contributed by atoms with E-state index in [1.54, 1.807) is 12.4 Å². The first-order valence-corrected chi connectivity index (χ1v) is 6.76. The number of hydrogen-bond acceptors (Lipinski definition) is 4. The van der Waals surface area contributed by atoms with Crippen molar-refractivity contribution in [1.29, 1.82) is 0 Å². The van der Waals surface area contributed by atoms with Gasteiger partial charge in [0.15, 0.2) is 9.84 Å². The van der Waals surface area contributed by atoms with E-state index in [9.17, 15) is 13.5 Å². The largest absolute Gasteiger partial charge is 0.392 e. The van der Waals surface area contributed by atoms with E-state index >= 15 is 0 Å². The van der Waals surface area contributed by atoms with Gasteiger partial charge in [-0.1, -0.05) is 0 Å². The van der Waals surface area contributed by atoms with E-state index in [-0.39, 0.29) is 17.4 Å². The summed E-state index contributed by atoms with van der Waals surface area (Å²) < 4.78 is 22.4. The summed E-state index contributed by atoms with van der Waals surface area (Å²) >= 11 is 0. The monoisotopic (exact) mass is 230 g/mol. The van der Waals surface area contributed by atoms with Gasteiger partial charge < -0.3 is 10.1 Å². The molecule has 1 aliphatic rings. The van der Waals surface area contributed by atoms with Crippen molar-refractivity contribution in [3.63, 3.8) is 0 Å². The van der Waals surface area contributed by atoms with Gasteiger partial charge in [-0.15, -0.1) is 0 Å². The number of aromatic amines is 1. The predicted molar refractivity (Wildman–Crippen MR) is 55.1 cm³/mol. The summed E-state index contributed by atoms with van der Waals surface area (Å²) in [4.78, 5) is 6.89. The third kappa shape index (κ3) is 2.57. The molecule has 2 heterocycles. The number of aromatic nitrogens is 2. The summed E-state index contributed by atoms with van der Waals surface area (Å²) in [5.74, 6) is 0.869. The van der Waals surface area contributed by atoms with Gasteiger partial charge in [-0.2, -0.15) is 0 Å². The van der Waals surface area contributed by atoms with Crippen LogP contribution in [0.2, 0.25) is 0 Å². The normalized spacial score (nSPS) is 26.6. The van der Waals surface area contributed by atoms with Crippen LogP contribution < -0.4 is 0 Å². The van der Waals surface area contributed by atoms with Crippen LogP contribution >= 0.6 is 0 Å². The van der Waals surface area contributed by atoms with E-state index in [4.69, 9.17) is 0 Å². The molecule has 5 nitrogen and oxygen atoms in total. The fourth-order valence-corrected chi connectivity index (χ4v) is 3.77. The Hall–Kier alpha value is -0.880. The van der Waals surface area contributed by atoms with Crippen LogP contribution in [0.3, 0.4) is 0 Å². The number of sulfone groups is 1. The second kappa shape index (κ2) is 3.94. The number of H-pyrrole nitrogens is 1. The van der Waals surface area contributed by atoms with Gasteiger partial charge in [0.2, 0.25) is 0 Å². The van der Waals surface area contributed by atoms with Gasteiger partial charge >= 0.3 is 0 Å². The zero-order chi connectivity index (χ0) is 10.9. The Kier molecular flexibility index (Phi) is 2.79. The standard InChI is InChI=1S/C9H14N2O3S/c12-8(5-9-10-2-3-11-9)7-1-4-15(13,14)6-7/h2-3,7-8,12H,1,4-6H2,(H,10,11). The van der Waals surface area contributed by atoms with Gasteiger partial charge in [0, 0.05) is 24.7 Å². The highest BCUT2D eigenvalue weighted by Crippen LogP contribution is 2.23. The highest BCUT2D eigenvalue weighted by atomic mass is 32.2. The zero-order valence-electron chi connectivity index (χ0n) is 8.26. The van der Waals surface area contributed by atoms with Crippen LogP contribution in [-0.4, -0.2) is 41.1 Å². The fraction of sp³-hybridized carbons (Fsp3) is 0.667. The molecule has 2 unspecified atom stereocenters. The number of aliphatic hydroxyl groups is 1. The molecule has 2 N–H and O–H groups in total. The lowest BCUT2D eigenvalue weighted by molar-refractivity contribution is 0.118. The third-order valence-electron chi connectivity index (χ3n) is 2.77. The molecule has 1 fully saturated rings. The van der Waals surface area contributed by atoms with Crippen molar-refractivity contribution in [3.05, 3.63) is 18.2 Å². The summed E-state index contributed by atoms with van der Waals surface area (Å²) in [5, 5.41) is 9.83. The van der Waals surface area contributed by atoms with E-state index in [1.807, 2.05) is 0 Å². The van der Waals surface area contributed by atoms with Crippen LogP contribution in [0.15, 0.2) is 12.4 Å². The topological polar surface area (TPSA) is 83.1 Å². The van der Waals surface area contributed by atoms with Gasteiger partial charge in [-0.05, 0) is 6.42 Å². The number of nitrogens with zero attached hydrogens (tertiary/aromatic N) is 1. The maximum absolute atomic E-state index is 11.2. The smallest absolute Gasteiger partial charge is 0.150 e. The molecule has 0 radical (unpaired) electrons. The van der Waals surface area contributed by atoms with Crippen molar-refractivity contribution in [2.75, 3.05) is 11.5 Å². The van der Waals surface area contributed by atoms with Crippen LogP contribution in [0.4, 0.5) is 0 Å². The Bertz CT molecular complexity index is 413. The summed E-state index contributed by atoms with van der Waals surface area (Å²) in [6.45, 7) is 0. The van der Waals surface area contributed by atoms with E-state index in [1.165, 1.54) is 0 Å². The Morgan fingerprint density at radius 1 is 1.67 bits per heavy atom. The van der Waals surface area contributed by atoms with Gasteiger partial charge in [0.05, 0.1) is 17.6 Å². The maximum Gasteiger partial charge on any atom is 0.150 e. The highest BCUT2D eigenvalue weighted by Gasteiger charge is 2.32. The van der Waals surface area contributed by atoms with Crippen LogP contribution in [0.5, 0.6) is 0 Å². The first-order chi connectivity index (χ1) is 7.07. The van der Waals surface area contributed by atoms with E-state index in [0.29, 0.717) is 18.7 Å². The lowest BCUT2D eigenvalue weighted by Gasteiger charge is -2.14. The molecule has 2 atom stereocenters. The molecule has 0 saturated carbocycles. The molecule has 0 spiro atoms. The molecule has 84 valence electrons. The zero-order valence-corrected chi connectivity index (χ0v) is 9.07. The highest BCUT2D eigenvalue weighted by molar-refractivity contribution is 7.91. The molecule has 0 aromatic carbocycles. The molecule has 0 bridgehead atoms. The van der Waals surface area contributed by atoms with Gasteiger partial charge in [-0.3, -0.25) is 0 Å². The van der Waals surface area contributed by atoms with Crippen molar-refractivity contribution in [2.24, 2.45) is 5.92 Å². The number of rotatable bonds is 3. The van der Waals surface area contributed by atoms with Crippen molar-refractivity contribution in [3.8, 4) is 0 Å². The van der Waals surface area contributed by atoms with Crippen LogP contribution in [0.1, 0.15) is 12.2 Å². The van der Waals surface area contributed by atoms with Crippen LogP contribution in [0, 0.1) is 5.92 Å². The van der Waals surface area contributed by atoms with Crippen molar-refractivity contribution >= 4 is 9.84 Å². The number of hydrogen-bond donors (Lipinski definition) is 2. The average Bonchev–Trinajstić information content (AvgIpc) is 2.74. The second-order valence-corrected chi connectivity index (χ2v) is 6.20. The minimum absolute atomic E-state index is 0.106. The number of aliphatic hydroxyl groups excluding tert-OH is 1. The Morgan fingerprint density at radius 3 is 3.00 bits per heavy atom. The molecule has 1 aliphatic heterocycles. The lowest BCUT2D eigenvalue weighted by Crippen LogP contribution is -2.24.